The van der Waals surface area contributed by atoms with Crippen LogP contribution >= 0.6 is 0 Å². The summed E-state index contributed by atoms with van der Waals surface area (Å²) in [4.78, 5) is 15.0. The third-order valence-corrected chi connectivity index (χ3v) is 4.90. The maximum absolute atomic E-state index is 13.3. The Kier molecular flexibility index (Phi) is 4.28. The van der Waals surface area contributed by atoms with E-state index < -0.39 is 0 Å². The highest BCUT2D eigenvalue weighted by Gasteiger charge is 2.32. The summed E-state index contributed by atoms with van der Waals surface area (Å²) >= 11 is 0. The SMILES string of the molecule is CN1CC[C@@H](CNc2ccnc3cc(F)cnc23)[C@@H]1c1cccnc1. The first-order valence-corrected chi connectivity index (χ1v) is 8.46. The Morgan fingerprint density at radius 3 is 3.00 bits per heavy atom. The van der Waals surface area contributed by atoms with E-state index in [1.165, 1.54) is 17.8 Å². The van der Waals surface area contributed by atoms with Gasteiger partial charge < -0.3 is 5.32 Å². The zero-order valence-electron chi connectivity index (χ0n) is 14.1. The van der Waals surface area contributed by atoms with E-state index in [0.717, 1.165) is 25.2 Å². The van der Waals surface area contributed by atoms with Gasteiger partial charge in [-0.1, -0.05) is 6.07 Å². The molecule has 3 aromatic heterocycles. The van der Waals surface area contributed by atoms with Crippen molar-refractivity contribution >= 4 is 16.7 Å². The average Bonchev–Trinajstić information content (AvgIpc) is 3.01. The van der Waals surface area contributed by atoms with Crippen LogP contribution in [0.25, 0.3) is 11.0 Å². The minimum atomic E-state index is -0.369. The standard InChI is InChI=1S/C19H20FN5/c1-25-8-5-14(19(25)13-3-2-6-21-10-13)11-23-16-4-7-22-17-9-15(20)12-24-18(16)17/h2-4,6-7,9-10,12,14,19H,5,8,11H2,1H3,(H,22,23)/t14-,19-/m0/s1. The predicted molar refractivity (Wildman–Crippen MR) is 95.7 cm³/mol. The van der Waals surface area contributed by atoms with Crippen molar-refractivity contribution in [2.24, 2.45) is 5.92 Å². The first-order chi connectivity index (χ1) is 12.2. The topological polar surface area (TPSA) is 53.9 Å². The molecule has 0 saturated carbocycles. The first-order valence-electron chi connectivity index (χ1n) is 8.46. The molecule has 0 radical (unpaired) electrons. The van der Waals surface area contributed by atoms with Gasteiger partial charge in [0, 0.05) is 37.2 Å². The number of nitrogens with zero attached hydrogens (tertiary/aromatic N) is 4. The number of nitrogens with one attached hydrogen (secondary N) is 1. The molecule has 4 heterocycles. The molecule has 0 spiro atoms. The number of hydrogen-bond donors (Lipinski definition) is 1. The van der Waals surface area contributed by atoms with E-state index >= 15 is 0 Å². The highest BCUT2D eigenvalue weighted by atomic mass is 19.1. The van der Waals surface area contributed by atoms with E-state index in [4.69, 9.17) is 0 Å². The Bertz CT molecular complexity index is 870. The van der Waals surface area contributed by atoms with E-state index in [0.29, 0.717) is 23.0 Å². The lowest BCUT2D eigenvalue weighted by Gasteiger charge is -2.25. The summed E-state index contributed by atoms with van der Waals surface area (Å²) in [6.07, 6.45) is 7.79. The van der Waals surface area contributed by atoms with Gasteiger partial charge in [0.2, 0.25) is 0 Å². The van der Waals surface area contributed by atoms with E-state index in [1.807, 2.05) is 18.3 Å². The third kappa shape index (κ3) is 3.17. The van der Waals surface area contributed by atoms with Crippen LogP contribution in [0.2, 0.25) is 0 Å². The van der Waals surface area contributed by atoms with Crippen LogP contribution in [-0.4, -0.2) is 40.0 Å². The Morgan fingerprint density at radius 1 is 1.24 bits per heavy atom. The second kappa shape index (κ2) is 6.72. The number of anilines is 1. The highest BCUT2D eigenvalue weighted by molar-refractivity contribution is 5.86. The van der Waals surface area contributed by atoms with Crippen LogP contribution < -0.4 is 5.32 Å². The van der Waals surface area contributed by atoms with Crippen LogP contribution in [0.1, 0.15) is 18.0 Å². The molecule has 0 bridgehead atoms. The molecule has 1 saturated heterocycles. The van der Waals surface area contributed by atoms with Crippen molar-refractivity contribution in [3.05, 3.63) is 60.4 Å². The molecule has 3 aromatic rings. The van der Waals surface area contributed by atoms with Gasteiger partial charge in [-0.3, -0.25) is 14.9 Å². The number of likely N-dealkylation sites (tertiary alicyclic amines) is 1. The van der Waals surface area contributed by atoms with Gasteiger partial charge in [-0.2, -0.15) is 0 Å². The monoisotopic (exact) mass is 337 g/mol. The molecule has 128 valence electrons. The Morgan fingerprint density at radius 2 is 2.16 bits per heavy atom. The second-order valence-corrected chi connectivity index (χ2v) is 6.52. The Balaban J connectivity index is 1.55. The summed E-state index contributed by atoms with van der Waals surface area (Å²) in [5, 5.41) is 3.50. The van der Waals surface area contributed by atoms with Crippen molar-refractivity contribution < 1.29 is 4.39 Å². The molecular weight excluding hydrogens is 317 g/mol. The second-order valence-electron chi connectivity index (χ2n) is 6.52. The summed E-state index contributed by atoms with van der Waals surface area (Å²) in [5.41, 5.74) is 3.41. The van der Waals surface area contributed by atoms with E-state index in [1.54, 1.807) is 12.4 Å². The fourth-order valence-corrected chi connectivity index (χ4v) is 3.71. The molecule has 1 N–H and O–H groups in total. The van der Waals surface area contributed by atoms with Crippen LogP contribution in [0.5, 0.6) is 0 Å². The van der Waals surface area contributed by atoms with Gasteiger partial charge >= 0.3 is 0 Å². The molecular formula is C19H20FN5. The number of hydrogen-bond acceptors (Lipinski definition) is 5. The molecule has 0 aromatic carbocycles. The molecule has 5 nitrogen and oxygen atoms in total. The summed E-state index contributed by atoms with van der Waals surface area (Å²) in [7, 11) is 2.16. The number of aromatic nitrogens is 3. The van der Waals surface area contributed by atoms with Crippen molar-refractivity contribution in [3.63, 3.8) is 0 Å². The fraction of sp³-hybridized carbons (Fsp3) is 0.316. The number of pyridine rings is 3. The molecule has 4 rings (SSSR count). The largest absolute Gasteiger partial charge is 0.383 e. The fourth-order valence-electron chi connectivity index (χ4n) is 3.71. The summed E-state index contributed by atoms with van der Waals surface area (Å²) < 4.78 is 13.3. The van der Waals surface area contributed by atoms with Gasteiger partial charge in [-0.15, -0.1) is 0 Å². The van der Waals surface area contributed by atoms with Crippen molar-refractivity contribution in [2.45, 2.75) is 12.5 Å². The number of fused-ring (bicyclic) bond motifs is 1. The molecule has 2 atom stereocenters. The molecule has 0 amide bonds. The van der Waals surface area contributed by atoms with Gasteiger partial charge in [0.25, 0.3) is 0 Å². The van der Waals surface area contributed by atoms with Crippen LogP contribution in [0.15, 0.2) is 49.1 Å². The van der Waals surface area contributed by atoms with Crippen LogP contribution in [0.3, 0.4) is 0 Å². The van der Waals surface area contributed by atoms with Crippen LogP contribution in [0, 0.1) is 11.7 Å². The molecule has 0 aliphatic carbocycles. The molecule has 1 aliphatic heterocycles. The lowest BCUT2D eigenvalue weighted by molar-refractivity contribution is 0.281. The summed E-state index contributed by atoms with van der Waals surface area (Å²) in [6, 6.07) is 7.78. The summed E-state index contributed by atoms with van der Waals surface area (Å²) in [6.45, 7) is 1.88. The van der Waals surface area contributed by atoms with E-state index in [2.05, 4.69) is 38.3 Å². The normalized spacial score (nSPS) is 20.9. The third-order valence-electron chi connectivity index (χ3n) is 4.90. The minimum Gasteiger partial charge on any atom is -0.383 e. The van der Waals surface area contributed by atoms with Gasteiger partial charge in [0.1, 0.15) is 11.3 Å². The summed E-state index contributed by atoms with van der Waals surface area (Å²) in [5.74, 6) is 0.101. The van der Waals surface area contributed by atoms with Crippen molar-refractivity contribution in [1.82, 2.24) is 19.9 Å². The van der Waals surface area contributed by atoms with E-state index in [-0.39, 0.29) is 5.82 Å². The molecule has 6 heteroatoms. The maximum Gasteiger partial charge on any atom is 0.143 e. The van der Waals surface area contributed by atoms with Crippen LogP contribution in [-0.2, 0) is 0 Å². The van der Waals surface area contributed by atoms with Gasteiger partial charge in [0.05, 0.1) is 17.4 Å². The van der Waals surface area contributed by atoms with Crippen molar-refractivity contribution in [3.8, 4) is 0 Å². The van der Waals surface area contributed by atoms with Gasteiger partial charge in [0.15, 0.2) is 0 Å². The number of rotatable bonds is 4. The zero-order chi connectivity index (χ0) is 17.2. The molecule has 25 heavy (non-hydrogen) atoms. The lowest BCUT2D eigenvalue weighted by atomic mass is 9.94. The highest BCUT2D eigenvalue weighted by Crippen LogP contribution is 2.36. The first kappa shape index (κ1) is 15.9. The Hall–Kier alpha value is -2.60. The van der Waals surface area contributed by atoms with E-state index in [9.17, 15) is 4.39 Å². The van der Waals surface area contributed by atoms with Gasteiger partial charge in [-0.25, -0.2) is 9.37 Å². The predicted octanol–water partition coefficient (Wildman–Crippen LogP) is 3.27. The Labute approximate surface area is 145 Å². The maximum atomic E-state index is 13.3. The van der Waals surface area contributed by atoms with Crippen molar-refractivity contribution in [1.29, 1.82) is 0 Å². The van der Waals surface area contributed by atoms with Crippen LogP contribution in [0.4, 0.5) is 10.1 Å². The molecule has 1 aliphatic rings. The zero-order valence-corrected chi connectivity index (χ0v) is 14.1. The van der Waals surface area contributed by atoms with Crippen molar-refractivity contribution in [2.75, 3.05) is 25.5 Å². The smallest absolute Gasteiger partial charge is 0.143 e. The van der Waals surface area contributed by atoms with Gasteiger partial charge in [-0.05, 0) is 43.6 Å². The lowest BCUT2D eigenvalue weighted by Crippen LogP contribution is -2.25. The molecule has 1 fully saturated rings. The molecule has 0 unspecified atom stereocenters. The quantitative estimate of drug-likeness (QED) is 0.792. The average molecular weight is 337 g/mol. The number of halogens is 1. The minimum absolute atomic E-state index is 0.347.